The van der Waals surface area contributed by atoms with Gasteiger partial charge in [-0.15, -0.1) is 0 Å². The number of nitrogens with zero attached hydrogens (tertiary/aromatic N) is 3. The zero-order valence-corrected chi connectivity index (χ0v) is 8.18. The number of nitrogens with one attached hydrogen (secondary N) is 1. The first-order valence-electron chi connectivity index (χ1n) is 4.74. The Morgan fingerprint density at radius 1 is 1.12 bits per heavy atom. The first-order valence-corrected chi connectivity index (χ1v) is 4.74. The summed E-state index contributed by atoms with van der Waals surface area (Å²) in [4.78, 5) is 15.1. The topological polar surface area (TPSA) is 54.5 Å². The summed E-state index contributed by atoms with van der Waals surface area (Å²) in [6.07, 6.45) is 7.63. The van der Waals surface area contributed by atoms with Crippen LogP contribution >= 0.6 is 0 Å². The molecule has 3 heterocycles. The normalized spacial score (nSPS) is 10.8. The van der Waals surface area contributed by atoms with Crippen LogP contribution in [0, 0.1) is 5.82 Å². The molecule has 0 aliphatic carbocycles. The van der Waals surface area contributed by atoms with E-state index in [0.29, 0.717) is 22.3 Å². The molecule has 0 aliphatic heterocycles. The van der Waals surface area contributed by atoms with E-state index in [1.807, 2.05) is 0 Å². The van der Waals surface area contributed by atoms with Crippen LogP contribution in [0.2, 0.25) is 0 Å². The van der Waals surface area contributed by atoms with Gasteiger partial charge in [0.2, 0.25) is 0 Å². The van der Waals surface area contributed by atoms with E-state index >= 15 is 0 Å². The minimum absolute atomic E-state index is 0.344. The highest BCUT2D eigenvalue weighted by Crippen LogP contribution is 2.24. The Labute approximate surface area is 90.2 Å². The van der Waals surface area contributed by atoms with Crippen molar-refractivity contribution in [3.8, 4) is 11.4 Å². The fraction of sp³-hybridized carbons (Fsp3) is 0. The third kappa shape index (κ3) is 1.25. The number of pyridine rings is 1. The fourth-order valence-electron chi connectivity index (χ4n) is 1.64. The number of halogens is 1. The molecule has 0 saturated heterocycles. The van der Waals surface area contributed by atoms with Gasteiger partial charge in [0, 0.05) is 24.0 Å². The van der Waals surface area contributed by atoms with Crippen molar-refractivity contribution in [3.63, 3.8) is 0 Å². The van der Waals surface area contributed by atoms with Crippen molar-refractivity contribution < 1.29 is 4.39 Å². The minimum Gasteiger partial charge on any atom is -0.359 e. The highest BCUT2D eigenvalue weighted by Gasteiger charge is 2.10. The average molecular weight is 214 g/mol. The molecule has 78 valence electrons. The Kier molecular flexibility index (Phi) is 1.89. The number of aromatic amines is 1. The number of H-pyrrole nitrogens is 1. The van der Waals surface area contributed by atoms with E-state index < -0.39 is 0 Å². The molecule has 0 radical (unpaired) electrons. The van der Waals surface area contributed by atoms with Crippen molar-refractivity contribution in [1.29, 1.82) is 0 Å². The molecular formula is C11H7FN4. The van der Waals surface area contributed by atoms with Gasteiger partial charge in [0.25, 0.3) is 0 Å². The lowest BCUT2D eigenvalue weighted by molar-refractivity contribution is 0.634. The van der Waals surface area contributed by atoms with E-state index in [1.165, 1.54) is 6.20 Å². The second kappa shape index (κ2) is 3.37. The zero-order valence-electron chi connectivity index (χ0n) is 8.18. The Hall–Kier alpha value is -2.30. The van der Waals surface area contributed by atoms with E-state index in [4.69, 9.17) is 0 Å². The van der Waals surface area contributed by atoms with Crippen molar-refractivity contribution in [2.45, 2.75) is 0 Å². The molecule has 1 N–H and O–H groups in total. The molecule has 3 aromatic rings. The summed E-state index contributed by atoms with van der Waals surface area (Å²) in [7, 11) is 0. The van der Waals surface area contributed by atoms with Crippen molar-refractivity contribution >= 4 is 10.9 Å². The molecule has 0 spiro atoms. The Morgan fingerprint density at radius 2 is 2.06 bits per heavy atom. The van der Waals surface area contributed by atoms with Crippen molar-refractivity contribution in [2.75, 3.05) is 0 Å². The summed E-state index contributed by atoms with van der Waals surface area (Å²) in [5.41, 5.74) is 1.87. The average Bonchev–Trinajstić information content (AvgIpc) is 2.81. The lowest BCUT2D eigenvalue weighted by Crippen LogP contribution is -1.91. The largest absolute Gasteiger partial charge is 0.359 e. The third-order valence-electron chi connectivity index (χ3n) is 2.35. The molecular weight excluding hydrogens is 207 g/mol. The summed E-state index contributed by atoms with van der Waals surface area (Å²) in [6, 6.07) is 1.67. The van der Waals surface area contributed by atoms with Crippen molar-refractivity contribution in [3.05, 3.63) is 42.9 Å². The predicted octanol–water partition coefficient (Wildman–Crippen LogP) is 2.16. The lowest BCUT2D eigenvalue weighted by Gasteiger charge is -2.01. The summed E-state index contributed by atoms with van der Waals surface area (Å²) >= 11 is 0. The van der Waals surface area contributed by atoms with Crippen LogP contribution in [-0.4, -0.2) is 19.9 Å². The SMILES string of the molecule is Fc1cnc(-c2cnccn2)c2[nH]ccc12. The maximum Gasteiger partial charge on any atom is 0.150 e. The smallest absolute Gasteiger partial charge is 0.150 e. The van der Waals surface area contributed by atoms with Crippen molar-refractivity contribution in [2.24, 2.45) is 0 Å². The van der Waals surface area contributed by atoms with Crippen LogP contribution < -0.4 is 0 Å². The van der Waals surface area contributed by atoms with Crippen LogP contribution in [-0.2, 0) is 0 Å². The first-order chi connectivity index (χ1) is 7.86. The first kappa shape index (κ1) is 8.96. The van der Waals surface area contributed by atoms with Gasteiger partial charge in [-0.3, -0.25) is 9.97 Å². The van der Waals surface area contributed by atoms with Gasteiger partial charge in [-0.1, -0.05) is 0 Å². The lowest BCUT2D eigenvalue weighted by atomic mass is 10.2. The van der Waals surface area contributed by atoms with Crippen LogP contribution in [0.3, 0.4) is 0 Å². The van der Waals surface area contributed by atoms with Crippen LogP contribution in [0.25, 0.3) is 22.3 Å². The molecule has 0 fully saturated rings. The Morgan fingerprint density at radius 3 is 2.88 bits per heavy atom. The van der Waals surface area contributed by atoms with Gasteiger partial charge >= 0.3 is 0 Å². The van der Waals surface area contributed by atoms with Gasteiger partial charge < -0.3 is 4.98 Å². The van der Waals surface area contributed by atoms with Crippen LogP contribution in [0.15, 0.2) is 37.1 Å². The highest BCUT2D eigenvalue weighted by atomic mass is 19.1. The molecule has 0 atom stereocenters. The van der Waals surface area contributed by atoms with Gasteiger partial charge in [0.15, 0.2) is 5.82 Å². The van der Waals surface area contributed by atoms with Gasteiger partial charge in [-0.25, -0.2) is 9.37 Å². The number of aromatic nitrogens is 4. The Balaban J connectivity index is 2.33. The number of rotatable bonds is 1. The molecule has 0 saturated carbocycles. The molecule has 0 aromatic carbocycles. The molecule has 0 unspecified atom stereocenters. The standard InChI is InChI=1S/C11H7FN4/c12-8-5-16-11(9-6-13-3-4-14-9)10-7(8)1-2-15-10/h1-6,15H. The third-order valence-corrected chi connectivity index (χ3v) is 2.35. The van der Waals surface area contributed by atoms with E-state index in [9.17, 15) is 4.39 Å². The molecule has 0 bridgehead atoms. The zero-order chi connectivity index (χ0) is 11.0. The molecule has 3 aromatic heterocycles. The molecule has 3 rings (SSSR count). The summed E-state index contributed by atoms with van der Waals surface area (Å²) < 4.78 is 13.4. The second-order valence-electron chi connectivity index (χ2n) is 3.31. The van der Waals surface area contributed by atoms with E-state index in [0.717, 1.165) is 0 Å². The fourth-order valence-corrected chi connectivity index (χ4v) is 1.64. The monoisotopic (exact) mass is 214 g/mol. The molecule has 16 heavy (non-hydrogen) atoms. The molecule has 0 aliphatic rings. The molecule has 4 nitrogen and oxygen atoms in total. The maximum absolute atomic E-state index is 13.4. The van der Waals surface area contributed by atoms with Gasteiger partial charge in [-0.2, -0.15) is 0 Å². The maximum atomic E-state index is 13.4. The van der Waals surface area contributed by atoms with Gasteiger partial charge in [0.05, 0.1) is 17.9 Å². The van der Waals surface area contributed by atoms with Crippen LogP contribution in [0.1, 0.15) is 0 Å². The number of hydrogen-bond acceptors (Lipinski definition) is 3. The molecule has 5 heteroatoms. The van der Waals surface area contributed by atoms with E-state index in [1.54, 1.807) is 30.9 Å². The van der Waals surface area contributed by atoms with Crippen LogP contribution in [0.5, 0.6) is 0 Å². The van der Waals surface area contributed by atoms with Gasteiger partial charge in [-0.05, 0) is 6.07 Å². The highest BCUT2D eigenvalue weighted by molar-refractivity contribution is 5.90. The van der Waals surface area contributed by atoms with Crippen molar-refractivity contribution in [1.82, 2.24) is 19.9 Å². The number of hydrogen-bond donors (Lipinski definition) is 1. The molecule has 0 amide bonds. The predicted molar refractivity (Wildman–Crippen MR) is 57.1 cm³/mol. The second-order valence-corrected chi connectivity index (χ2v) is 3.31. The van der Waals surface area contributed by atoms with E-state index in [2.05, 4.69) is 19.9 Å². The van der Waals surface area contributed by atoms with Crippen LogP contribution in [0.4, 0.5) is 4.39 Å². The summed E-state index contributed by atoms with van der Waals surface area (Å²) in [5.74, 6) is -0.344. The van der Waals surface area contributed by atoms with Gasteiger partial charge in [0.1, 0.15) is 11.4 Å². The summed E-state index contributed by atoms with van der Waals surface area (Å²) in [5, 5.41) is 0.510. The van der Waals surface area contributed by atoms with E-state index in [-0.39, 0.29) is 5.82 Å². The number of fused-ring (bicyclic) bond motifs is 1. The Bertz CT molecular complexity index is 633. The minimum atomic E-state index is -0.344. The quantitative estimate of drug-likeness (QED) is 0.675. The summed E-state index contributed by atoms with van der Waals surface area (Å²) in [6.45, 7) is 0.